The second-order valence-electron chi connectivity index (χ2n) is 0.918. The largest absolute Gasteiger partial charge is 0.144 e. The summed E-state index contributed by atoms with van der Waals surface area (Å²) in [7, 11) is 0. The van der Waals surface area contributed by atoms with Gasteiger partial charge >= 0.3 is 0 Å². The highest BCUT2D eigenvalue weighted by Gasteiger charge is 1.67. The molecular formula is C5H8S. The summed E-state index contributed by atoms with van der Waals surface area (Å²) in [5.74, 6) is 0. The highest BCUT2D eigenvalue weighted by molar-refractivity contribution is 7.84. The zero-order valence-electron chi connectivity index (χ0n) is 3.81. The molecule has 0 saturated carbocycles. The molecule has 1 heteroatoms. The van der Waals surface area contributed by atoms with Crippen molar-refractivity contribution in [3.63, 3.8) is 0 Å². The van der Waals surface area contributed by atoms with Crippen molar-refractivity contribution >= 4 is 12.6 Å². The number of allylic oxidation sites excluding steroid dienone is 2. The van der Waals surface area contributed by atoms with E-state index >= 15 is 0 Å². The number of hydrogen-bond donors (Lipinski definition) is 1. The number of rotatable bonds is 1. The van der Waals surface area contributed by atoms with Gasteiger partial charge in [-0.05, 0) is 11.8 Å². The van der Waals surface area contributed by atoms with E-state index in [0.717, 1.165) is 4.91 Å². The van der Waals surface area contributed by atoms with E-state index in [4.69, 9.17) is 0 Å². The maximum absolute atomic E-state index is 3.97. The Kier molecular flexibility index (Phi) is 2.95. The van der Waals surface area contributed by atoms with Gasteiger partial charge in [0.15, 0.2) is 0 Å². The molecule has 0 bridgehead atoms. The lowest BCUT2D eigenvalue weighted by molar-refractivity contribution is 1.72. The fourth-order valence-corrected chi connectivity index (χ4v) is 0.118. The minimum Gasteiger partial charge on any atom is -0.144 e. The molecule has 0 aliphatic rings. The van der Waals surface area contributed by atoms with Gasteiger partial charge in [0.25, 0.3) is 0 Å². The molecule has 0 fully saturated rings. The molecule has 0 nitrogen and oxygen atoms in total. The Morgan fingerprint density at radius 3 is 2.33 bits per heavy atom. The van der Waals surface area contributed by atoms with E-state index in [2.05, 4.69) is 19.2 Å². The lowest BCUT2D eigenvalue weighted by atomic mass is 10.5. The van der Waals surface area contributed by atoms with E-state index in [1.807, 2.05) is 13.0 Å². The van der Waals surface area contributed by atoms with Crippen LogP contribution >= 0.6 is 12.6 Å². The molecule has 0 heterocycles. The smallest absolute Gasteiger partial charge is 0.000867 e. The summed E-state index contributed by atoms with van der Waals surface area (Å²) < 4.78 is 0. The highest BCUT2D eigenvalue weighted by atomic mass is 32.1. The third kappa shape index (κ3) is 2.09. The van der Waals surface area contributed by atoms with Crippen LogP contribution in [0.4, 0.5) is 0 Å². The van der Waals surface area contributed by atoms with Crippen LogP contribution in [0.25, 0.3) is 0 Å². The SMILES string of the molecule is C=CC(S)=CC. The molecule has 0 amide bonds. The van der Waals surface area contributed by atoms with Crippen molar-refractivity contribution in [2.45, 2.75) is 6.92 Å². The molecule has 0 atom stereocenters. The van der Waals surface area contributed by atoms with Gasteiger partial charge in [0.2, 0.25) is 0 Å². The van der Waals surface area contributed by atoms with Crippen molar-refractivity contribution in [3.05, 3.63) is 23.6 Å². The first-order valence-electron chi connectivity index (χ1n) is 1.79. The van der Waals surface area contributed by atoms with E-state index in [1.165, 1.54) is 0 Å². The summed E-state index contributed by atoms with van der Waals surface area (Å²) in [6.45, 7) is 5.41. The van der Waals surface area contributed by atoms with Crippen LogP contribution in [0.5, 0.6) is 0 Å². The molecule has 34 valence electrons. The highest BCUT2D eigenvalue weighted by Crippen LogP contribution is 1.97. The van der Waals surface area contributed by atoms with Gasteiger partial charge in [-0.25, -0.2) is 0 Å². The molecule has 0 aromatic heterocycles. The van der Waals surface area contributed by atoms with Crippen LogP contribution in [0.3, 0.4) is 0 Å². The third-order valence-electron chi connectivity index (χ3n) is 0.505. The van der Waals surface area contributed by atoms with Gasteiger partial charge in [0.1, 0.15) is 0 Å². The summed E-state index contributed by atoms with van der Waals surface area (Å²) in [6, 6.07) is 0. The molecule has 0 unspecified atom stereocenters. The summed E-state index contributed by atoms with van der Waals surface area (Å²) in [5, 5.41) is 0. The van der Waals surface area contributed by atoms with Crippen LogP contribution in [0, 0.1) is 0 Å². The molecule has 0 aromatic rings. The molecule has 0 saturated heterocycles. The third-order valence-corrected chi connectivity index (χ3v) is 0.946. The average molecular weight is 100 g/mol. The van der Waals surface area contributed by atoms with E-state index < -0.39 is 0 Å². The van der Waals surface area contributed by atoms with Gasteiger partial charge in [0, 0.05) is 0 Å². The Labute approximate surface area is 44.0 Å². The minimum absolute atomic E-state index is 0.926. The van der Waals surface area contributed by atoms with E-state index in [9.17, 15) is 0 Å². The zero-order chi connectivity index (χ0) is 4.99. The minimum atomic E-state index is 0.926. The van der Waals surface area contributed by atoms with Crippen LogP contribution < -0.4 is 0 Å². The lowest BCUT2D eigenvalue weighted by Gasteiger charge is -1.77. The van der Waals surface area contributed by atoms with Crippen molar-refractivity contribution in [1.29, 1.82) is 0 Å². The summed E-state index contributed by atoms with van der Waals surface area (Å²) in [5.41, 5.74) is 0. The van der Waals surface area contributed by atoms with Crippen LogP contribution in [0.1, 0.15) is 6.92 Å². The van der Waals surface area contributed by atoms with Gasteiger partial charge in [-0.3, -0.25) is 0 Å². The summed E-state index contributed by atoms with van der Waals surface area (Å²) in [4.78, 5) is 0.926. The lowest BCUT2D eigenvalue weighted by Crippen LogP contribution is -1.51. The van der Waals surface area contributed by atoms with Crippen LogP contribution in [0.15, 0.2) is 23.6 Å². The van der Waals surface area contributed by atoms with Gasteiger partial charge in [0.05, 0.1) is 0 Å². The van der Waals surface area contributed by atoms with Gasteiger partial charge in [-0.1, -0.05) is 18.7 Å². The Balaban J connectivity index is 3.50. The van der Waals surface area contributed by atoms with Crippen molar-refractivity contribution in [2.24, 2.45) is 0 Å². The molecule has 0 radical (unpaired) electrons. The average Bonchev–Trinajstić information content (AvgIpc) is 1.65. The second kappa shape index (κ2) is 3.04. The quantitative estimate of drug-likeness (QED) is 0.378. The topological polar surface area (TPSA) is 0 Å². The molecule has 0 N–H and O–H groups in total. The predicted molar refractivity (Wildman–Crippen MR) is 32.9 cm³/mol. The maximum Gasteiger partial charge on any atom is -0.000867 e. The Morgan fingerprint density at radius 1 is 1.83 bits per heavy atom. The zero-order valence-corrected chi connectivity index (χ0v) is 4.70. The summed E-state index contributed by atoms with van der Waals surface area (Å²) in [6.07, 6.45) is 3.58. The van der Waals surface area contributed by atoms with Crippen molar-refractivity contribution in [1.82, 2.24) is 0 Å². The van der Waals surface area contributed by atoms with Crippen LogP contribution in [0.2, 0.25) is 0 Å². The Morgan fingerprint density at radius 2 is 2.33 bits per heavy atom. The molecule has 0 aliphatic carbocycles. The first kappa shape index (κ1) is 5.83. The molecule has 0 aliphatic heterocycles. The van der Waals surface area contributed by atoms with Crippen molar-refractivity contribution in [2.75, 3.05) is 0 Å². The Bertz CT molecular complexity index is 72.0. The number of thiol groups is 1. The first-order valence-corrected chi connectivity index (χ1v) is 2.23. The molecule has 6 heavy (non-hydrogen) atoms. The monoisotopic (exact) mass is 100 g/mol. The van der Waals surface area contributed by atoms with E-state index in [0.29, 0.717) is 0 Å². The fraction of sp³-hybridized carbons (Fsp3) is 0.200. The maximum atomic E-state index is 3.97. The van der Waals surface area contributed by atoms with E-state index in [-0.39, 0.29) is 0 Å². The van der Waals surface area contributed by atoms with Crippen LogP contribution in [-0.2, 0) is 0 Å². The van der Waals surface area contributed by atoms with Crippen molar-refractivity contribution < 1.29 is 0 Å². The fourth-order valence-electron chi connectivity index (χ4n) is 0.118. The van der Waals surface area contributed by atoms with Gasteiger partial charge in [-0.2, -0.15) is 0 Å². The first-order chi connectivity index (χ1) is 2.81. The number of hydrogen-bond acceptors (Lipinski definition) is 1. The molecule has 0 rings (SSSR count). The molecule has 0 spiro atoms. The van der Waals surface area contributed by atoms with Gasteiger partial charge in [-0.15, -0.1) is 12.6 Å². The predicted octanol–water partition coefficient (Wildman–Crippen LogP) is 2.01. The Hall–Kier alpha value is -0.170. The van der Waals surface area contributed by atoms with Crippen molar-refractivity contribution in [3.8, 4) is 0 Å². The summed E-state index contributed by atoms with van der Waals surface area (Å²) >= 11 is 3.97. The molecular weight excluding hydrogens is 92.1 g/mol. The standard InChI is InChI=1S/C5H8S/c1-3-5(6)4-2/h3-4,6H,1H2,2H3. The second-order valence-corrected chi connectivity index (χ2v) is 1.43. The van der Waals surface area contributed by atoms with Gasteiger partial charge < -0.3 is 0 Å². The van der Waals surface area contributed by atoms with Crippen LogP contribution in [-0.4, -0.2) is 0 Å². The van der Waals surface area contributed by atoms with E-state index in [1.54, 1.807) is 6.08 Å². The normalized spacial score (nSPS) is 11.3. The molecule has 0 aromatic carbocycles.